The number of aryl methyl sites for hydroxylation is 3. The second kappa shape index (κ2) is 10.9. The van der Waals surface area contributed by atoms with Gasteiger partial charge in [-0.1, -0.05) is 41.4 Å². The number of carbonyl (C=O) groups is 1. The fourth-order valence-corrected chi connectivity index (χ4v) is 4.25. The maximum Gasteiger partial charge on any atom is 0.251 e. The molecular formula is C27H27Cl2N3O2. The molecule has 7 heteroatoms. The molecule has 0 saturated heterocycles. The molecule has 34 heavy (non-hydrogen) atoms. The van der Waals surface area contributed by atoms with Crippen molar-refractivity contribution in [1.29, 1.82) is 0 Å². The Kier molecular flexibility index (Phi) is 7.76. The smallest absolute Gasteiger partial charge is 0.251 e. The van der Waals surface area contributed by atoms with Gasteiger partial charge in [0, 0.05) is 22.2 Å². The van der Waals surface area contributed by atoms with Crippen LogP contribution in [0.3, 0.4) is 0 Å². The van der Waals surface area contributed by atoms with Crippen molar-refractivity contribution in [1.82, 2.24) is 14.9 Å². The summed E-state index contributed by atoms with van der Waals surface area (Å²) in [5.74, 6) is 1.49. The number of halogens is 2. The van der Waals surface area contributed by atoms with Crippen molar-refractivity contribution in [3.8, 4) is 5.75 Å². The predicted octanol–water partition coefficient (Wildman–Crippen LogP) is 6.75. The predicted molar refractivity (Wildman–Crippen MR) is 138 cm³/mol. The van der Waals surface area contributed by atoms with Crippen LogP contribution in [0.1, 0.15) is 40.2 Å². The maximum absolute atomic E-state index is 12.6. The van der Waals surface area contributed by atoms with Gasteiger partial charge in [0.05, 0.1) is 24.2 Å². The average molecular weight is 496 g/mol. The number of nitrogens with zero attached hydrogens (tertiary/aromatic N) is 2. The van der Waals surface area contributed by atoms with Crippen molar-refractivity contribution >= 4 is 40.1 Å². The zero-order valence-electron chi connectivity index (χ0n) is 19.3. The van der Waals surface area contributed by atoms with Crippen molar-refractivity contribution in [3.05, 3.63) is 93.2 Å². The molecule has 0 unspecified atom stereocenters. The molecule has 0 spiro atoms. The summed E-state index contributed by atoms with van der Waals surface area (Å²) in [7, 11) is 0. The number of benzene rings is 3. The molecule has 0 radical (unpaired) electrons. The number of carbonyl (C=O) groups excluding carboxylic acids is 1. The highest BCUT2D eigenvalue weighted by molar-refractivity contribution is 6.32. The molecule has 0 aliphatic rings. The first-order chi connectivity index (χ1) is 16.4. The number of para-hydroxylation sites is 2. The Morgan fingerprint density at radius 2 is 1.76 bits per heavy atom. The third-order valence-corrected chi connectivity index (χ3v) is 6.51. The van der Waals surface area contributed by atoms with E-state index in [0.717, 1.165) is 58.1 Å². The highest BCUT2D eigenvalue weighted by Gasteiger charge is 2.13. The van der Waals surface area contributed by atoms with Gasteiger partial charge < -0.3 is 14.6 Å². The highest BCUT2D eigenvalue weighted by Crippen LogP contribution is 2.26. The number of hydrogen-bond donors (Lipinski definition) is 1. The largest absolute Gasteiger partial charge is 0.494 e. The molecule has 0 aliphatic heterocycles. The summed E-state index contributed by atoms with van der Waals surface area (Å²) in [6, 6.07) is 18.9. The lowest BCUT2D eigenvalue weighted by atomic mass is 10.1. The van der Waals surface area contributed by atoms with E-state index in [4.69, 9.17) is 32.9 Å². The summed E-state index contributed by atoms with van der Waals surface area (Å²) in [6.07, 6.45) is 1.81. The van der Waals surface area contributed by atoms with E-state index in [9.17, 15) is 4.79 Å². The number of rotatable bonds is 9. The topological polar surface area (TPSA) is 56.1 Å². The number of fused-ring (bicyclic) bond motifs is 1. The normalized spacial score (nSPS) is 11.1. The first-order valence-electron chi connectivity index (χ1n) is 11.3. The van der Waals surface area contributed by atoms with E-state index in [1.54, 1.807) is 24.3 Å². The zero-order valence-corrected chi connectivity index (χ0v) is 20.8. The van der Waals surface area contributed by atoms with Crippen LogP contribution in [-0.2, 0) is 13.1 Å². The van der Waals surface area contributed by atoms with E-state index < -0.39 is 0 Å². The fraction of sp³-hybridized carbons (Fsp3) is 0.259. The summed E-state index contributed by atoms with van der Waals surface area (Å²) >= 11 is 12.3. The van der Waals surface area contributed by atoms with E-state index in [1.807, 2.05) is 44.2 Å². The molecule has 1 amide bonds. The van der Waals surface area contributed by atoms with Crippen LogP contribution in [0.5, 0.6) is 5.75 Å². The van der Waals surface area contributed by atoms with E-state index >= 15 is 0 Å². The molecule has 0 aliphatic carbocycles. The number of ether oxygens (including phenoxy) is 1. The summed E-state index contributed by atoms with van der Waals surface area (Å²) in [6.45, 7) is 5.71. The molecule has 3 aromatic carbocycles. The monoisotopic (exact) mass is 495 g/mol. The van der Waals surface area contributed by atoms with Crippen LogP contribution in [0, 0.1) is 13.8 Å². The van der Waals surface area contributed by atoms with Gasteiger partial charge in [0.1, 0.15) is 11.6 Å². The number of nitrogens with one attached hydrogen (secondary N) is 1. The second-order valence-corrected chi connectivity index (χ2v) is 9.10. The van der Waals surface area contributed by atoms with E-state index in [0.29, 0.717) is 23.7 Å². The highest BCUT2D eigenvalue weighted by atomic mass is 35.5. The quantitative estimate of drug-likeness (QED) is 0.261. The lowest BCUT2D eigenvalue weighted by molar-refractivity contribution is 0.0949. The van der Waals surface area contributed by atoms with Crippen molar-refractivity contribution in [2.24, 2.45) is 0 Å². The van der Waals surface area contributed by atoms with Gasteiger partial charge in [0.25, 0.3) is 5.91 Å². The van der Waals surface area contributed by atoms with Crippen LogP contribution in [-0.4, -0.2) is 22.1 Å². The number of aromatic nitrogens is 2. The number of amides is 1. The summed E-state index contributed by atoms with van der Waals surface area (Å²) < 4.78 is 8.12. The summed E-state index contributed by atoms with van der Waals surface area (Å²) in [5, 5.41) is 4.29. The Hall–Kier alpha value is -3.02. The summed E-state index contributed by atoms with van der Waals surface area (Å²) in [5.41, 5.74) is 4.54. The molecule has 1 N–H and O–H groups in total. The van der Waals surface area contributed by atoms with Gasteiger partial charge >= 0.3 is 0 Å². The van der Waals surface area contributed by atoms with Crippen molar-refractivity contribution in [2.45, 2.75) is 39.8 Å². The van der Waals surface area contributed by atoms with E-state index in [2.05, 4.69) is 16.0 Å². The van der Waals surface area contributed by atoms with Crippen LogP contribution < -0.4 is 10.1 Å². The molecule has 0 bridgehead atoms. The average Bonchev–Trinajstić information content (AvgIpc) is 3.18. The van der Waals surface area contributed by atoms with Gasteiger partial charge in [-0.3, -0.25) is 4.79 Å². The zero-order chi connectivity index (χ0) is 24.1. The third kappa shape index (κ3) is 5.72. The SMILES string of the molecule is Cc1cc(OCCCCn2c(CNC(=O)c3cccc(Cl)c3)nc3ccccc32)cc(C)c1Cl. The molecule has 0 atom stereocenters. The Morgan fingerprint density at radius 1 is 1.00 bits per heavy atom. The van der Waals surface area contributed by atoms with Gasteiger partial charge in [-0.2, -0.15) is 0 Å². The first-order valence-corrected chi connectivity index (χ1v) is 12.1. The molecule has 0 saturated carbocycles. The van der Waals surface area contributed by atoms with Crippen LogP contribution in [0.4, 0.5) is 0 Å². The lowest BCUT2D eigenvalue weighted by Gasteiger charge is -2.12. The molecule has 5 nitrogen and oxygen atoms in total. The third-order valence-electron chi connectivity index (χ3n) is 5.68. The van der Waals surface area contributed by atoms with E-state index in [1.165, 1.54) is 0 Å². The minimum atomic E-state index is -0.178. The molecule has 1 aromatic heterocycles. The van der Waals surface area contributed by atoms with E-state index in [-0.39, 0.29) is 5.91 Å². The molecule has 1 heterocycles. The fourth-order valence-electron chi connectivity index (χ4n) is 3.95. The van der Waals surface area contributed by atoms with Gasteiger partial charge in [-0.25, -0.2) is 4.98 Å². The molecule has 4 aromatic rings. The van der Waals surface area contributed by atoms with Crippen molar-refractivity contribution in [3.63, 3.8) is 0 Å². The maximum atomic E-state index is 12.6. The Balaban J connectivity index is 1.38. The number of unbranched alkanes of at least 4 members (excludes halogenated alkanes) is 1. The summed E-state index contributed by atoms with van der Waals surface area (Å²) in [4.78, 5) is 17.3. The van der Waals surface area contributed by atoms with Crippen LogP contribution >= 0.6 is 23.2 Å². The number of imidazole rings is 1. The minimum Gasteiger partial charge on any atom is -0.494 e. The molecule has 0 fully saturated rings. The molecular weight excluding hydrogens is 469 g/mol. The van der Waals surface area contributed by atoms with Gasteiger partial charge in [0.2, 0.25) is 0 Å². The second-order valence-electron chi connectivity index (χ2n) is 8.29. The molecule has 176 valence electrons. The Labute approximate surface area is 209 Å². The van der Waals surface area contributed by atoms with Gasteiger partial charge in [-0.05, 0) is 80.3 Å². The Morgan fingerprint density at radius 3 is 2.53 bits per heavy atom. The molecule has 4 rings (SSSR count). The van der Waals surface area contributed by atoms with Crippen LogP contribution in [0.15, 0.2) is 60.7 Å². The van der Waals surface area contributed by atoms with Gasteiger partial charge in [-0.15, -0.1) is 0 Å². The lowest BCUT2D eigenvalue weighted by Crippen LogP contribution is -2.24. The van der Waals surface area contributed by atoms with Crippen LogP contribution in [0.2, 0.25) is 10.0 Å². The number of hydrogen-bond acceptors (Lipinski definition) is 3. The van der Waals surface area contributed by atoms with Crippen LogP contribution in [0.25, 0.3) is 11.0 Å². The standard InChI is InChI=1S/C27H27Cl2N3O2/c1-18-14-22(15-19(2)26(18)29)34-13-6-5-12-32-24-11-4-3-10-23(24)31-25(32)17-30-27(33)20-8-7-9-21(28)16-20/h3-4,7-11,14-16H,5-6,12-13,17H2,1-2H3,(H,30,33). The van der Waals surface area contributed by atoms with Crippen molar-refractivity contribution < 1.29 is 9.53 Å². The Bertz CT molecular complexity index is 1290. The van der Waals surface area contributed by atoms with Gasteiger partial charge in [0.15, 0.2) is 0 Å². The first kappa shape index (κ1) is 24.1. The van der Waals surface area contributed by atoms with Crippen molar-refractivity contribution in [2.75, 3.05) is 6.61 Å². The minimum absolute atomic E-state index is 0.178.